The summed E-state index contributed by atoms with van der Waals surface area (Å²) in [6.45, 7) is 3.41. The number of hydrogen-bond donors (Lipinski definition) is 2. The summed E-state index contributed by atoms with van der Waals surface area (Å²) in [4.78, 5) is 18.0. The van der Waals surface area contributed by atoms with Crippen LogP contribution in [0.1, 0.15) is 40.6 Å². The van der Waals surface area contributed by atoms with Crippen molar-refractivity contribution in [3.63, 3.8) is 0 Å². The van der Waals surface area contributed by atoms with E-state index in [-0.39, 0.29) is 11.8 Å². The van der Waals surface area contributed by atoms with Crippen molar-refractivity contribution in [3.8, 4) is 0 Å². The molecule has 1 aliphatic rings. The fourth-order valence-corrected chi connectivity index (χ4v) is 3.87. The van der Waals surface area contributed by atoms with Crippen LogP contribution in [-0.2, 0) is 0 Å². The van der Waals surface area contributed by atoms with Crippen molar-refractivity contribution in [2.75, 3.05) is 13.1 Å². The first kappa shape index (κ1) is 16.9. The first-order chi connectivity index (χ1) is 12.6. The molecule has 2 heterocycles. The lowest BCUT2D eigenvalue weighted by atomic mass is 9.87. The van der Waals surface area contributed by atoms with Gasteiger partial charge in [-0.1, -0.05) is 42.5 Å². The van der Waals surface area contributed by atoms with Crippen LogP contribution in [0.3, 0.4) is 0 Å². The lowest BCUT2D eigenvalue weighted by molar-refractivity contribution is 0.0459. The third-order valence-corrected chi connectivity index (χ3v) is 5.42. The number of piperidine rings is 1. The van der Waals surface area contributed by atoms with Crippen LogP contribution in [0.25, 0.3) is 10.9 Å². The number of nitrogens with zero attached hydrogens (tertiary/aromatic N) is 1. The minimum atomic E-state index is -0.454. The van der Waals surface area contributed by atoms with Gasteiger partial charge in [0.1, 0.15) is 5.69 Å². The van der Waals surface area contributed by atoms with Gasteiger partial charge in [-0.15, -0.1) is 0 Å². The van der Waals surface area contributed by atoms with Gasteiger partial charge in [0, 0.05) is 24.0 Å². The molecule has 0 aliphatic carbocycles. The molecular weight excluding hydrogens is 324 g/mol. The molecule has 1 aliphatic heterocycles. The molecule has 26 heavy (non-hydrogen) atoms. The molecule has 2 N–H and O–H groups in total. The molecular formula is C22H24N2O2. The number of aliphatic hydroxyl groups is 1. The first-order valence-corrected chi connectivity index (χ1v) is 9.23. The summed E-state index contributed by atoms with van der Waals surface area (Å²) < 4.78 is 0. The van der Waals surface area contributed by atoms with E-state index in [1.54, 1.807) is 0 Å². The quantitative estimate of drug-likeness (QED) is 0.750. The van der Waals surface area contributed by atoms with Gasteiger partial charge in [0.2, 0.25) is 0 Å². The number of carbonyl (C=O) groups excluding carboxylic acids is 1. The Morgan fingerprint density at radius 1 is 1.12 bits per heavy atom. The fraction of sp³-hybridized carbons (Fsp3) is 0.318. The van der Waals surface area contributed by atoms with Crippen molar-refractivity contribution in [3.05, 3.63) is 71.4 Å². The highest BCUT2D eigenvalue weighted by Gasteiger charge is 2.29. The molecule has 134 valence electrons. The Bertz CT molecular complexity index is 908. The van der Waals surface area contributed by atoms with Crippen molar-refractivity contribution in [1.82, 2.24) is 9.88 Å². The number of aromatic nitrogens is 1. The number of aryl methyl sites for hydroxylation is 1. The zero-order valence-electron chi connectivity index (χ0n) is 15.0. The lowest BCUT2D eigenvalue weighted by Crippen LogP contribution is -2.39. The molecule has 3 aromatic rings. The van der Waals surface area contributed by atoms with Crippen molar-refractivity contribution >= 4 is 16.8 Å². The van der Waals surface area contributed by atoms with Gasteiger partial charge in [-0.25, -0.2) is 0 Å². The summed E-state index contributed by atoms with van der Waals surface area (Å²) in [5.41, 5.74) is 3.78. The standard InChI is InChI=1S/C22H24N2O2/c1-15-7-8-18-14-20(23-19(18)13-15)22(26)24-11-9-17(10-12-24)21(25)16-5-3-2-4-6-16/h2-8,13-14,17,21,23,25H,9-12H2,1H3/t21-/m0/s1. The summed E-state index contributed by atoms with van der Waals surface area (Å²) in [5.74, 6) is 0.248. The Morgan fingerprint density at radius 3 is 2.58 bits per heavy atom. The highest BCUT2D eigenvalue weighted by Crippen LogP contribution is 2.31. The molecule has 1 aromatic heterocycles. The second-order valence-electron chi connectivity index (χ2n) is 7.26. The topological polar surface area (TPSA) is 56.3 Å². The average molecular weight is 348 g/mol. The van der Waals surface area contributed by atoms with Gasteiger partial charge in [-0.2, -0.15) is 0 Å². The molecule has 1 atom stereocenters. The Hall–Kier alpha value is -2.59. The number of rotatable bonds is 3. The predicted molar refractivity (Wildman–Crippen MR) is 103 cm³/mol. The molecule has 1 saturated heterocycles. The van der Waals surface area contributed by atoms with E-state index in [0.717, 1.165) is 29.3 Å². The summed E-state index contributed by atoms with van der Waals surface area (Å²) in [6.07, 6.45) is 1.19. The SMILES string of the molecule is Cc1ccc2cc(C(=O)N3CCC([C@@H](O)c4ccccc4)CC3)[nH]c2c1. The predicted octanol–water partition coefficient (Wildman–Crippen LogP) is 4.06. The van der Waals surface area contributed by atoms with Crippen molar-refractivity contribution in [2.45, 2.75) is 25.9 Å². The average Bonchev–Trinajstić information content (AvgIpc) is 3.11. The smallest absolute Gasteiger partial charge is 0.270 e. The molecule has 0 bridgehead atoms. The van der Waals surface area contributed by atoms with Gasteiger partial charge in [0.15, 0.2) is 0 Å². The highest BCUT2D eigenvalue weighted by molar-refractivity contribution is 5.98. The summed E-state index contributed by atoms with van der Waals surface area (Å²) in [5, 5.41) is 11.7. The van der Waals surface area contributed by atoms with Crippen LogP contribution < -0.4 is 0 Å². The van der Waals surface area contributed by atoms with E-state index in [1.807, 2.05) is 54.3 Å². The molecule has 2 aromatic carbocycles. The second-order valence-corrected chi connectivity index (χ2v) is 7.26. The summed E-state index contributed by atoms with van der Waals surface area (Å²) >= 11 is 0. The van der Waals surface area contributed by atoms with Gasteiger partial charge in [-0.05, 0) is 48.9 Å². The van der Waals surface area contributed by atoms with Crippen LogP contribution in [0.15, 0.2) is 54.6 Å². The molecule has 1 fully saturated rings. The largest absolute Gasteiger partial charge is 0.388 e. The summed E-state index contributed by atoms with van der Waals surface area (Å²) in [7, 11) is 0. The summed E-state index contributed by atoms with van der Waals surface area (Å²) in [6, 6.07) is 17.9. The Balaban J connectivity index is 1.43. The number of nitrogens with one attached hydrogen (secondary N) is 1. The van der Waals surface area contributed by atoms with Gasteiger partial charge in [0.05, 0.1) is 6.10 Å². The number of H-pyrrole nitrogens is 1. The third-order valence-electron chi connectivity index (χ3n) is 5.42. The minimum absolute atomic E-state index is 0.0477. The van der Waals surface area contributed by atoms with Crippen LogP contribution in [-0.4, -0.2) is 34.0 Å². The van der Waals surface area contributed by atoms with Crippen molar-refractivity contribution < 1.29 is 9.90 Å². The lowest BCUT2D eigenvalue weighted by Gasteiger charge is -2.34. The number of likely N-dealkylation sites (tertiary alicyclic amines) is 1. The highest BCUT2D eigenvalue weighted by atomic mass is 16.3. The van der Waals surface area contributed by atoms with E-state index in [0.29, 0.717) is 18.8 Å². The Labute approximate surface area is 153 Å². The van der Waals surface area contributed by atoms with Crippen LogP contribution in [0.5, 0.6) is 0 Å². The van der Waals surface area contributed by atoms with E-state index in [1.165, 1.54) is 5.56 Å². The Morgan fingerprint density at radius 2 is 1.85 bits per heavy atom. The van der Waals surface area contributed by atoms with Crippen molar-refractivity contribution in [1.29, 1.82) is 0 Å². The number of hydrogen-bond acceptors (Lipinski definition) is 2. The number of benzene rings is 2. The number of carbonyl (C=O) groups is 1. The van der Waals surface area contributed by atoms with Crippen LogP contribution >= 0.6 is 0 Å². The van der Waals surface area contributed by atoms with E-state index in [4.69, 9.17) is 0 Å². The zero-order valence-corrected chi connectivity index (χ0v) is 15.0. The molecule has 4 nitrogen and oxygen atoms in total. The van der Waals surface area contributed by atoms with Crippen LogP contribution in [0.2, 0.25) is 0 Å². The maximum absolute atomic E-state index is 12.8. The monoisotopic (exact) mass is 348 g/mol. The minimum Gasteiger partial charge on any atom is -0.388 e. The van der Waals surface area contributed by atoms with Gasteiger partial charge >= 0.3 is 0 Å². The van der Waals surface area contributed by atoms with Crippen LogP contribution in [0.4, 0.5) is 0 Å². The van der Waals surface area contributed by atoms with E-state index >= 15 is 0 Å². The molecule has 0 radical (unpaired) electrons. The number of fused-ring (bicyclic) bond motifs is 1. The van der Waals surface area contributed by atoms with Crippen molar-refractivity contribution in [2.24, 2.45) is 5.92 Å². The van der Waals surface area contributed by atoms with E-state index in [2.05, 4.69) is 17.1 Å². The number of aromatic amines is 1. The molecule has 1 amide bonds. The Kier molecular flexibility index (Phi) is 4.51. The molecule has 0 spiro atoms. The molecule has 4 rings (SSSR count). The first-order valence-electron chi connectivity index (χ1n) is 9.23. The maximum Gasteiger partial charge on any atom is 0.270 e. The number of aliphatic hydroxyl groups excluding tert-OH is 1. The van der Waals surface area contributed by atoms with Gasteiger partial charge in [0.25, 0.3) is 5.91 Å². The van der Waals surface area contributed by atoms with E-state index < -0.39 is 6.10 Å². The molecule has 0 unspecified atom stereocenters. The van der Waals surface area contributed by atoms with Gasteiger partial charge in [-0.3, -0.25) is 4.79 Å². The van der Waals surface area contributed by atoms with Crippen LogP contribution in [0, 0.1) is 12.8 Å². The zero-order chi connectivity index (χ0) is 18.1. The maximum atomic E-state index is 12.8. The third kappa shape index (κ3) is 3.25. The van der Waals surface area contributed by atoms with E-state index in [9.17, 15) is 9.90 Å². The fourth-order valence-electron chi connectivity index (χ4n) is 3.87. The second kappa shape index (κ2) is 6.96. The number of amides is 1. The molecule has 4 heteroatoms. The normalized spacial score (nSPS) is 16.8. The molecule has 0 saturated carbocycles. The van der Waals surface area contributed by atoms with Gasteiger partial charge < -0.3 is 15.0 Å².